The van der Waals surface area contributed by atoms with Crippen molar-refractivity contribution in [2.45, 2.75) is 280 Å². The van der Waals surface area contributed by atoms with Crippen molar-refractivity contribution >= 4 is 23.0 Å². The number of ether oxygens (including phenoxy) is 3. The third-order valence-corrected chi connectivity index (χ3v) is 25.1. The maximum Gasteiger partial charge on any atom is 0.123 e. The minimum absolute atomic E-state index is 0.000932. The highest BCUT2D eigenvalue weighted by molar-refractivity contribution is 6.30. The third-order valence-electron chi connectivity index (χ3n) is 24.9. The average molecular weight is 1610 g/mol. The molecule has 5 heterocycles. The average Bonchev–Trinajstić information content (AvgIpc) is 1.81. The Morgan fingerprint density at radius 1 is 0.417 bits per heavy atom. The fourth-order valence-corrected chi connectivity index (χ4v) is 17.6. The van der Waals surface area contributed by atoms with E-state index in [1.807, 2.05) is 76.2 Å². The number of nitrogen functional groups attached to an aromatic ring is 2. The molecular weight excluding hydrogens is 1440 g/mol. The number of likely N-dealkylation sites (tertiary alicyclic amines) is 2. The van der Waals surface area contributed by atoms with E-state index in [4.69, 9.17) is 37.3 Å². The van der Waals surface area contributed by atoms with Crippen molar-refractivity contribution in [3.8, 4) is 0 Å². The first-order valence-corrected chi connectivity index (χ1v) is 44.9. The predicted molar refractivity (Wildman–Crippen MR) is 492 cm³/mol. The monoisotopic (exact) mass is 1610 g/mol. The van der Waals surface area contributed by atoms with E-state index >= 15 is 0 Å². The molecule has 4 aromatic rings. The Kier molecular flexibility index (Phi) is 41.5. The second kappa shape index (κ2) is 48.6. The number of rotatable bonds is 29. The number of piperazine rings is 2. The van der Waals surface area contributed by atoms with Gasteiger partial charge in [0.1, 0.15) is 5.82 Å². The van der Waals surface area contributed by atoms with Gasteiger partial charge in [0.05, 0.1) is 6.10 Å². The van der Waals surface area contributed by atoms with Crippen LogP contribution in [-0.2, 0) is 35.9 Å². The van der Waals surface area contributed by atoms with E-state index in [0.29, 0.717) is 24.2 Å². The van der Waals surface area contributed by atoms with Gasteiger partial charge in [-0.05, 0) is 302 Å². The van der Waals surface area contributed by atoms with Crippen LogP contribution in [0.4, 0.5) is 15.8 Å². The van der Waals surface area contributed by atoms with E-state index < -0.39 is 0 Å². The SMILES string of the molecule is C=C(C1CC1)N1CCN(C(C=C(C)C)CC(C)(C)c2ccc(Cl)cc2)CC1.C=C(C1CC1)N1CCN(C(C=C(C)C)CC(C)(C)c2ccc(F)cc2)CC1.CC(C)=CC(CC(C)(C)c1ccc(N)cc1)N1CCC(C2CCOCC2)CC1.CC(C)=CC(CC(C)(C)c1ccc(N)cc1)N1CCC(O)CC1.CCOCC.CCOCC. The number of nitrogens with zero attached hydrogens (tertiary/aromatic N) is 6. The molecule has 2 saturated carbocycles. The molecular formula is C101H162ClFN8O4. The fourth-order valence-electron chi connectivity index (χ4n) is 17.5. The van der Waals surface area contributed by atoms with Crippen molar-refractivity contribution in [1.82, 2.24) is 29.4 Å². The highest BCUT2D eigenvalue weighted by Crippen LogP contribution is 2.42. The zero-order valence-electron chi connectivity index (χ0n) is 76.1. The summed E-state index contributed by atoms with van der Waals surface area (Å²) in [5.41, 5.74) is 27.3. The molecule has 0 spiro atoms. The Labute approximate surface area is 706 Å². The zero-order chi connectivity index (χ0) is 84.6. The molecule has 0 bridgehead atoms. The van der Waals surface area contributed by atoms with Crippen LogP contribution in [-0.4, -0.2) is 183 Å². The van der Waals surface area contributed by atoms with Crippen LogP contribution in [0, 0.1) is 29.5 Å². The molecule has 5 saturated heterocycles. The highest BCUT2D eigenvalue weighted by Gasteiger charge is 2.38. The van der Waals surface area contributed by atoms with Gasteiger partial charge in [-0.3, -0.25) is 19.6 Å². The molecule has 0 radical (unpaired) electrons. The first-order chi connectivity index (χ1) is 54.5. The van der Waals surface area contributed by atoms with Gasteiger partial charge in [-0.15, -0.1) is 0 Å². The lowest BCUT2D eigenvalue weighted by Gasteiger charge is -2.42. The van der Waals surface area contributed by atoms with Crippen molar-refractivity contribution in [2.75, 3.05) is 130 Å². The molecule has 11 rings (SSSR count). The summed E-state index contributed by atoms with van der Waals surface area (Å²) in [6, 6.07) is 34.0. The fraction of sp³-hybridized carbons (Fsp3) is 0.644. The van der Waals surface area contributed by atoms with Crippen molar-refractivity contribution in [3.05, 3.63) is 201 Å². The van der Waals surface area contributed by atoms with E-state index in [-0.39, 0.29) is 33.6 Å². The van der Waals surface area contributed by atoms with Crippen LogP contribution in [0.25, 0.3) is 0 Å². The Morgan fingerprint density at radius 2 is 0.678 bits per heavy atom. The van der Waals surface area contributed by atoms with Crippen LogP contribution in [0.1, 0.15) is 251 Å². The van der Waals surface area contributed by atoms with Gasteiger partial charge in [-0.1, -0.05) is 175 Å². The number of hydrogen-bond acceptors (Lipinski definition) is 12. The van der Waals surface area contributed by atoms with Crippen LogP contribution in [0.2, 0.25) is 5.02 Å². The number of benzene rings is 4. The molecule has 4 aromatic carbocycles. The minimum atomic E-state index is -0.164. The van der Waals surface area contributed by atoms with E-state index in [1.54, 1.807) is 12.1 Å². The van der Waals surface area contributed by atoms with E-state index in [9.17, 15) is 9.50 Å². The zero-order valence-corrected chi connectivity index (χ0v) is 76.8. The third kappa shape index (κ3) is 34.6. The lowest BCUT2D eigenvalue weighted by Crippen LogP contribution is -2.50. The molecule has 7 aliphatic rings. The topological polar surface area (TPSA) is 119 Å². The quantitative estimate of drug-likeness (QED) is 0.0355. The molecule has 115 heavy (non-hydrogen) atoms. The van der Waals surface area contributed by atoms with Crippen LogP contribution in [0.15, 0.2) is 168 Å². The number of halogens is 2. The minimum Gasteiger partial charge on any atom is -0.399 e. The molecule has 4 unspecified atom stereocenters. The number of anilines is 2. The Morgan fingerprint density at radius 3 is 0.948 bits per heavy atom. The van der Waals surface area contributed by atoms with E-state index in [2.05, 4.69) is 214 Å². The highest BCUT2D eigenvalue weighted by atomic mass is 35.5. The lowest BCUT2D eigenvalue weighted by atomic mass is 9.76. The Hall–Kier alpha value is -5.58. The molecule has 7 fully saturated rings. The summed E-state index contributed by atoms with van der Waals surface area (Å²) in [5.74, 6) is 3.15. The molecule has 0 amide bonds. The maximum absolute atomic E-state index is 13.3. The second-order valence-electron chi connectivity index (χ2n) is 37.6. The Bertz CT molecular complexity index is 3410. The molecule has 4 atom stereocenters. The number of piperidine rings is 2. The van der Waals surface area contributed by atoms with Crippen molar-refractivity contribution in [2.24, 2.45) is 23.7 Å². The van der Waals surface area contributed by atoms with E-state index in [0.717, 1.165) is 184 Å². The molecule has 5 N–H and O–H groups in total. The standard InChI is InChI=1S/C25H40N2O.C24H35ClN2.C24H35FN2.C20H32N2O.2C4H10O/c1-19(2)17-24(18-25(3,4)22-5-7-23(26)8-6-22)27-13-9-20(10-14-27)21-11-15-28-16-12-21;2*1-18(2)16-23(17-24(4,5)21-8-10-22(25)11-9-21)27-14-12-26(13-15-27)19(3)20-6-7-20;1-15(2)13-18(22-11-9-19(23)10-12-22)14-20(3,4)16-5-7-17(21)8-6-16;2*1-3-5-4-2/h5-8,17,20-21,24H,9-16,18,26H2,1-4H3;2*8-11,16,20,23H,3,6-7,12-15,17H2,1-2,4-5H3;5-8,13,18-19,23H,9-12,14,21H2,1-4H3;2*3-4H2,1-2H3. The van der Waals surface area contributed by atoms with Gasteiger partial charge in [0.25, 0.3) is 0 Å². The summed E-state index contributed by atoms with van der Waals surface area (Å²) in [4.78, 5) is 15.6. The van der Waals surface area contributed by atoms with Crippen LogP contribution in [0.3, 0.4) is 0 Å². The number of nitrogens with two attached hydrogens (primary N) is 2. The number of aliphatic hydroxyl groups excluding tert-OH is 1. The Balaban J connectivity index is 0.000000229. The molecule has 0 aromatic heterocycles. The number of aliphatic hydroxyl groups is 1. The van der Waals surface area contributed by atoms with Gasteiger partial charge in [-0.25, -0.2) is 4.39 Å². The molecule has 12 nitrogen and oxygen atoms in total. The van der Waals surface area contributed by atoms with Gasteiger partial charge in [0.15, 0.2) is 0 Å². The predicted octanol–water partition coefficient (Wildman–Crippen LogP) is 22.5. The van der Waals surface area contributed by atoms with Gasteiger partial charge >= 0.3 is 0 Å². The van der Waals surface area contributed by atoms with Gasteiger partial charge in [-0.2, -0.15) is 0 Å². The number of hydrogen-bond donors (Lipinski definition) is 3. The first kappa shape index (κ1) is 98.2. The smallest absolute Gasteiger partial charge is 0.123 e. The van der Waals surface area contributed by atoms with Gasteiger partial charge in [0.2, 0.25) is 0 Å². The van der Waals surface area contributed by atoms with Gasteiger partial charge in [0, 0.05) is 157 Å². The summed E-state index contributed by atoms with van der Waals surface area (Å²) in [6.45, 7) is 71.4. The summed E-state index contributed by atoms with van der Waals surface area (Å²) < 4.78 is 28.6. The molecule has 644 valence electrons. The van der Waals surface area contributed by atoms with E-state index in [1.165, 1.54) is 120 Å². The summed E-state index contributed by atoms with van der Waals surface area (Å²) in [7, 11) is 0. The van der Waals surface area contributed by atoms with Crippen LogP contribution >= 0.6 is 11.6 Å². The van der Waals surface area contributed by atoms with Crippen LogP contribution < -0.4 is 11.5 Å². The van der Waals surface area contributed by atoms with Crippen molar-refractivity contribution in [3.63, 3.8) is 0 Å². The second-order valence-corrected chi connectivity index (χ2v) is 38.0. The van der Waals surface area contributed by atoms with Crippen LogP contribution in [0.5, 0.6) is 0 Å². The lowest BCUT2D eigenvalue weighted by molar-refractivity contribution is 0.0260. The largest absolute Gasteiger partial charge is 0.399 e. The van der Waals surface area contributed by atoms with Crippen molar-refractivity contribution < 1.29 is 23.7 Å². The number of allylic oxidation sites excluding steroid dienone is 6. The van der Waals surface area contributed by atoms with Crippen molar-refractivity contribution in [1.29, 1.82) is 0 Å². The molecule has 5 aliphatic heterocycles. The summed E-state index contributed by atoms with van der Waals surface area (Å²) >= 11 is 6.09. The summed E-state index contributed by atoms with van der Waals surface area (Å²) in [5, 5.41) is 10.6. The van der Waals surface area contributed by atoms with Gasteiger partial charge < -0.3 is 40.6 Å². The molecule has 14 heteroatoms. The summed E-state index contributed by atoms with van der Waals surface area (Å²) in [6.07, 6.45) is 26.3. The first-order valence-electron chi connectivity index (χ1n) is 44.6. The normalized spacial score (nSPS) is 18.9. The maximum atomic E-state index is 13.3. The molecule has 2 aliphatic carbocycles.